The second-order valence-electron chi connectivity index (χ2n) is 4.48. The smallest absolute Gasteiger partial charge is 0.315 e. The van der Waals surface area contributed by atoms with Crippen LogP contribution < -0.4 is 10.7 Å². The number of benzene rings is 2. The van der Waals surface area contributed by atoms with Gasteiger partial charge < -0.3 is 5.32 Å². The first-order valence-corrected chi connectivity index (χ1v) is 6.61. The number of halogens is 1. The largest absolute Gasteiger partial charge is 0.329 e. The van der Waals surface area contributed by atoms with Crippen LogP contribution in [-0.2, 0) is 9.59 Å². The fraction of sp³-hybridized carbons (Fsp3) is 0. The summed E-state index contributed by atoms with van der Waals surface area (Å²) in [5.41, 5.74) is 2.24. The second-order valence-corrected chi connectivity index (χ2v) is 4.48. The molecule has 0 saturated heterocycles. The third-order valence-electron chi connectivity index (χ3n) is 2.81. The summed E-state index contributed by atoms with van der Waals surface area (Å²) in [6.45, 7) is 0. The summed E-state index contributed by atoms with van der Waals surface area (Å²) in [4.78, 5) is 33.1. The maximum Gasteiger partial charge on any atom is 0.329 e. The van der Waals surface area contributed by atoms with Crippen LogP contribution in [0.4, 0.5) is 15.8 Å². The predicted molar refractivity (Wildman–Crippen MR) is 83.9 cm³/mol. The van der Waals surface area contributed by atoms with Gasteiger partial charge in [-0.05, 0) is 29.8 Å². The van der Waals surface area contributed by atoms with Crippen LogP contribution in [-0.4, -0.2) is 23.0 Å². The first kappa shape index (κ1) is 16.7. The molecule has 8 nitrogen and oxygen atoms in total. The molecule has 2 amide bonds. The summed E-state index contributed by atoms with van der Waals surface area (Å²) in [6, 6.07) is 10.8. The molecule has 0 saturated carbocycles. The van der Waals surface area contributed by atoms with Gasteiger partial charge in [0.2, 0.25) is 0 Å². The topological polar surface area (TPSA) is 114 Å². The lowest BCUT2D eigenvalue weighted by Gasteiger charge is -2.04. The lowest BCUT2D eigenvalue weighted by molar-refractivity contribution is -0.384. The Balaban J connectivity index is 1.91. The summed E-state index contributed by atoms with van der Waals surface area (Å²) in [5.74, 6) is -2.84. The number of para-hydroxylation sites is 1. The van der Waals surface area contributed by atoms with Crippen molar-refractivity contribution in [1.29, 1.82) is 0 Å². The Morgan fingerprint density at radius 2 is 1.75 bits per heavy atom. The molecular weight excluding hydrogens is 319 g/mol. The lowest BCUT2D eigenvalue weighted by Crippen LogP contribution is -2.32. The minimum atomic E-state index is -1.09. The van der Waals surface area contributed by atoms with E-state index in [1.807, 2.05) is 5.43 Å². The van der Waals surface area contributed by atoms with Gasteiger partial charge in [0.05, 0.1) is 16.8 Å². The van der Waals surface area contributed by atoms with Gasteiger partial charge in [-0.25, -0.2) is 9.82 Å². The van der Waals surface area contributed by atoms with E-state index in [9.17, 15) is 24.1 Å². The molecule has 0 radical (unpaired) electrons. The number of nitro groups is 1. The Morgan fingerprint density at radius 3 is 2.38 bits per heavy atom. The Hall–Kier alpha value is -3.62. The van der Waals surface area contributed by atoms with Crippen LogP contribution >= 0.6 is 0 Å². The molecule has 0 aliphatic carbocycles. The highest BCUT2D eigenvalue weighted by Gasteiger charge is 2.14. The molecule has 2 rings (SSSR count). The van der Waals surface area contributed by atoms with Gasteiger partial charge in [0.25, 0.3) is 5.69 Å². The Bertz CT molecular complexity index is 805. The van der Waals surface area contributed by atoms with E-state index in [2.05, 4.69) is 10.4 Å². The third kappa shape index (κ3) is 4.44. The number of nitro benzene ring substituents is 1. The molecule has 2 aromatic carbocycles. The average Bonchev–Trinajstić information content (AvgIpc) is 2.57. The van der Waals surface area contributed by atoms with Crippen molar-refractivity contribution in [2.45, 2.75) is 0 Å². The normalized spacial score (nSPS) is 10.4. The highest BCUT2D eigenvalue weighted by atomic mass is 19.1. The molecule has 0 bridgehead atoms. The van der Waals surface area contributed by atoms with E-state index in [4.69, 9.17) is 0 Å². The highest BCUT2D eigenvalue weighted by Crippen LogP contribution is 2.12. The van der Waals surface area contributed by atoms with E-state index in [0.29, 0.717) is 5.56 Å². The number of carbonyl (C=O) groups excluding carboxylic acids is 2. The van der Waals surface area contributed by atoms with Gasteiger partial charge in [-0.2, -0.15) is 5.10 Å². The van der Waals surface area contributed by atoms with E-state index in [1.165, 1.54) is 48.7 Å². The summed E-state index contributed by atoms with van der Waals surface area (Å²) < 4.78 is 13.4. The number of nitrogens with one attached hydrogen (secondary N) is 2. The van der Waals surface area contributed by atoms with E-state index in [-0.39, 0.29) is 11.4 Å². The van der Waals surface area contributed by atoms with Gasteiger partial charge in [-0.1, -0.05) is 12.1 Å². The number of hydrogen-bond acceptors (Lipinski definition) is 5. The average molecular weight is 330 g/mol. The van der Waals surface area contributed by atoms with E-state index in [1.54, 1.807) is 0 Å². The predicted octanol–water partition coefficient (Wildman–Crippen LogP) is 1.82. The first-order chi connectivity index (χ1) is 11.5. The van der Waals surface area contributed by atoms with Crippen LogP contribution in [0.15, 0.2) is 53.6 Å². The number of amides is 2. The molecule has 0 heterocycles. The molecule has 0 fully saturated rings. The zero-order valence-electron chi connectivity index (χ0n) is 12.1. The standard InChI is InChI=1S/C15H11FN4O4/c16-12-3-1-2-4-13(12)18-14(21)15(22)19-17-9-10-5-7-11(8-6-10)20(23)24/h1-9H,(H,18,21)(H,19,22)/b17-9+. The number of anilines is 1. The molecule has 0 spiro atoms. The van der Waals surface area contributed by atoms with Crippen molar-refractivity contribution in [2.75, 3.05) is 5.32 Å². The molecule has 0 aliphatic heterocycles. The molecule has 0 aliphatic rings. The minimum Gasteiger partial charge on any atom is -0.315 e. The quantitative estimate of drug-likeness (QED) is 0.385. The van der Waals surface area contributed by atoms with Crippen molar-refractivity contribution in [3.8, 4) is 0 Å². The van der Waals surface area contributed by atoms with Crippen molar-refractivity contribution < 1.29 is 18.9 Å². The van der Waals surface area contributed by atoms with Gasteiger partial charge in [0.15, 0.2) is 0 Å². The molecule has 24 heavy (non-hydrogen) atoms. The molecule has 122 valence electrons. The summed E-state index contributed by atoms with van der Waals surface area (Å²) in [7, 11) is 0. The minimum absolute atomic E-state index is 0.0829. The van der Waals surface area contributed by atoms with Crippen molar-refractivity contribution in [2.24, 2.45) is 5.10 Å². The number of carbonyl (C=O) groups is 2. The Labute approximate surface area is 135 Å². The van der Waals surface area contributed by atoms with E-state index in [0.717, 1.165) is 6.07 Å². The molecule has 9 heteroatoms. The van der Waals surface area contributed by atoms with E-state index >= 15 is 0 Å². The number of rotatable bonds is 4. The number of hydrazone groups is 1. The number of nitrogens with zero attached hydrogens (tertiary/aromatic N) is 2. The second kappa shape index (κ2) is 7.58. The van der Waals surface area contributed by atoms with Crippen molar-refractivity contribution >= 4 is 29.4 Å². The number of hydrogen-bond donors (Lipinski definition) is 2. The van der Waals surface area contributed by atoms with Gasteiger partial charge in [0, 0.05) is 12.1 Å². The monoisotopic (exact) mass is 330 g/mol. The maximum absolute atomic E-state index is 13.4. The molecule has 0 unspecified atom stereocenters. The van der Waals surface area contributed by atoms with Crippen LogP contribution in [0.1, 0.15) is 5.56 Å². The Morgan fingerprint density at radius 1 is 1.08 bits per heavy atom. The molecule has 0 atom stereocenters. The van der Waals surface area contributed by atoms with Gasteiger partial charge in [0.1, 0.15) is 5.82 Å². The van der Waals surface area contributed by atoms with Crippen LogP contribution in [0.3, 0.4) is 0 Å². The van der Waals surface area contributed by atoms with Gasteiger partial charge in [-0.3, -0.25) is 19.7 Å². The molecule has 2 aromatic rings. The fourth-order valence-corrected chi connectivity index (χ4v) is 1.64. The summed E-state index contributed by atoms with van der Waals surface area (Å²) >= 11 is 0. The van der Waals surface area contributed by atoms with Crippen LogP contribution in [0.2, 0.25) is 0 Å². The number of non-ortho nitro benzene ring substituents is 1. The lowest BCUT2D eigenvalue weighted by atomic mass is 10.2. The maximum atomic E-state index is 13.4. The van der Waals surface area contributed by atoms with Crippen LogP contribution in [0.25, 0.3) is 0 Å². The van der Waals surface area contributed by atoms with Gasteiger partial charge >= 0.3 is 11.8 Å². The molecular formula is C15H11FN4O4. The first-order valence-electron chi connectivity index (χ1n) is 6.61. The molecule has 2 N–H and O–H groups in total. The SMILES string of the molecule is O=C(N/N=C/c1ccc([N+](=O)[O-])cc1)C(=O)Nc1ccccc1F. The third-order valence-corrected chi connectivity index (χ3v) is 2.81. The van der Waals surface area contributed by atoms with E-state index < -0.39 is 22.6 Å². The zero-order valence-corrected chi connectivity index (χ0v) is 12.1. The van der Waals surface area contributed by atoms with Crippen LogP contribution in [0.5, 0.6) is 0 Å². The highest BCUT2D eigenvalue weighted by molar-refractivity contribution is 6.39. The van der Waals surface area contributed by atoms with Crippen molar-refractivity contribution in [1.82, 2.24) is 5.43 Å². The van der Waals surface area contributed by atoms with Crippen molar-refractivity contribution in [3.63, 3.8) is 0 Å². The summed E-state index contributed by atoms with van der Waals surface area (Å²) in [6.07, 6.45) is 1.21. The zero-order chi connectivity index (χ0) is 17.5. The van der Waals surface area contributed by atoms with Crippen molar-refractivity contribution in [3.05, 3.63) is 70.0 Å². The van der Waals surface area contributed by atoms with Gasteiger partial charge in [-0.15, -0.1) is 0 Å². The fourth-order valence-electron chi connectivity index (χ4n) is 1.64. The summed E-state index contributed by atoms with van der Waals surface area (Å²) in [5, 5.41) is 16.2. The van der Waals surface area contributed by atoms with Crippen LogP contribution in [0, 0.1) is 15.9 Å². The Kier molecular flexibility index (Phi) is 5.29. The molecule has 0 aromatic heterocycles.